The second kappa shape index (κ2) is 6.35. The van der Waals surface area contributed by atoms with Gasteiger partial charge in [-0.15, -0.1) is 0 Å². The smallest absolute Gasteiger partial charge is 0.0314 e. The molecule has 3 aromatic rings. The molecule has 0 radical (unpaired) electrons. The molecule has 0 spiro atoms. The van der Waals surface area contributed by atoms with Crippen molar-refractivity contribution in [3.05, 3.63) is 95.6 Å². The first kappa shape index (κ1) is 14.2. The Kier molecular flexibility index (Phi) is 4.10. The van der Waals surface area contributed by atoms with Gasteiger partial charge in [0.2, 0.25) is 0 Å². The van der Waals surface area contributed by atoms with Crippen molar-refractivity contribution in [2.24, 2.45) is 0 Å². The van der Waals surface area contributed by atoms with E-state index < -0.39 is 0 Å². The molecule has 2 heteroatoms. The topological polar surface area (TPSA) is 52.0 Å². The molecule has 0 fully saturated rings. The number of hydrogen-bond donors (Lipinski definition) is 2. The summed E-state index contributed by atoms with van der Waals surface area (Å²) in [5, 5.41) is 0. The molecule has 1 atom stereocenters. The zero-order valence-corrected chi connectivity index (χ0v) is 12.4. The molecule has 0 amide bonds. The fourth-order valence-electron chi connectivity index (χ4n) is 2.73. The Morgan fingerprint density at radius 2 is 1.09 bits per heavy atom. The van der Waals surface area contributed by atoms with E-state index in [0.717, 1.165) is 17.8 Å². The predicted octanol–water partition coefficient (Wildman–Crippen LogP) is 4.23. The van der Waals surface area contributed by atoms with Crippen LogP contribution in [0.1, 0.15) is 22.6 Å². The molecule has 2 nitrogen and oxygen atoms in total. The molecule has 0 heterocycles. The van der Waals surface area contributed by atoms with E-state index in [1.165, 1.54) is 16.7 Å². The Bertz CT molecular complexity index is 716. The highest BCUT2D eigenvalue weighted by Crippen LogP contribution is 2.29. The van der Waals surface area contributed by atoms with E-state index in [1.54, 1.807) is 0 Å². The van der Waals surface area contributed by atoms with Gasteiger partial charge in [0.15, 0.2) is 0 Å². The normalized spacial score (nSPS) is 12.0. The lowest BCUT2D eigenvalue weighted by Gasteiger charge is -2.18. The first-order valence-corrected chi connectivity index (χ1v) is 7.47. The summed E-state index contributed by atoms with van der Waals surface area (Å²) in [6.45, 7) is 0. The van der Waals surface area contributed by atoms with Crippen LogP contribution in [-0.4, -0.2) is 0 Å². The van der Waals surface area contributed by atoms with Gasteiger partial charge in [-0.05, 0) is 47.4 Å². The average Bonchev–Trinajstić information content (AvgIpc) is 2.56. The fraction of sp³-hybridized carbons (Fsp3) is 0.100. The van der Waals surface area contributed by atoms with Gasteiger partial charge in [-0.25, -0.2) is 0 Å². The quantitative estimate of drug-likeness (QED) is 0.706. The number of hydrogen-bond acceptors (Lipinski definition) is 2. The molecule has 0 saturated heterocycles. The molecule has 0 aliphatic rings. The summed E-state index contributed by atoms with van der Waals surface area (Å²) in [6.07, 6.45) is 0.939. The van der Waals surface area contributed by atoms with Gasteiger partial charge in [0.05, 0.1) is 0 Å². The van der Waals surface area contributed by atoms with Crippen LogP contribution < -0.4 is 11.5 Å². The molecule has 1 unspecified atom stereocenters. The van der Waals surface area contributed by atoms with Crippen molar-refractivity contribution in [1.29, 1.82) is 0 Å². The lowest BCUT2D eigenvalue weighted by atomic mass is 9.86. The minimum absolute atomic E-state index is 0.311. The van der Waals surface area contributed by atoms with Crippen molar-refractivity contribution < 1.29 is 0 Å². The highest BCUT2D eigenvalue weighted by atomic mass is 14.5. The summed E-state index contributed by atoms with van der Waals surface area (Å²) in [5.41, 5.74) is 17.1. The molecule has 0 saturated carbocycles. The van der Waals surface area contributed by atoms with Crippen LogP contribution in [0.3, 0.4) is 0 Å². The fourth-order valence-corrected chi connectivity index (χ4v) is 2.73. The SMILES string of the molecule is Nc1ccc(CC(c2ccccc2)c2ccc(N)cc2)cc1. The largest absolute Gasteiger partial charge is 0.399 e. The Morgan fingerprint density at radius 3 is 1.68 bits per heavy atom. The van der Waals surface area contributed by atoms with Crippen molar-refractivity contribution in [3.63, 3.8) is 0 Å². The zero-order chi connectivity index (χ0) is 15.4. The predicted molar refractivity (Wildman–Crippen MR) is 93.7 cm³/mol. The third-order valence-electron chi connectivity index (χ3n) is 3.96. The van der Waals surface area contributed by atoms with Gasteiger partial charge in [-0.1, -0.05) is 54.6 Å². The number of benzene rings is 3. The lowest BCUT2D eigenvalue weighted by molar-refractivity contribution is 0.805. The van der Waals surface area contributed by atoms with Crippen molar-refractivity contribution >= 4 is 11.4 Å². The third kappa shape index (κ3) is 3.29. The van der Waals surface area contributed by atoms with Gasteiger partial charge >= 0.3 is 0 Å². The minimum Gasteiger partial charge on any atom is -0.399 e. The van der Waals surface area contributed by atoms with Crippen molar-refractivity contribution in [2.75, 3.05) is 11.5 Å². The van der Waals surface area contributed by atoms with Gasteiger partial charge < -0.3 is 11.5 Å². The summed E-state index contributed by atoms with van der Waals surface area (Å²) in [4.78, 5) is 0. The summed E-state index contributed by atoms with van der Waals surface area (Å²) >= 11 is 0. The molecule has 0 aliphatic carbocycles. The zero-order valence-electron chi connectivity index (χ0n) is 12.4. The van der Waals surface area contributed by atoms with E-state index in [0.29, 0.717) is 5.92 Å². The monoisotopic (exact) mass is 288 g/mol. The van der Waals surface area contributed by atoms with Crippen LogP contribution in [0, 0.1) is 0 Å². The van der Waals surface area contributed by atoms with E-state index in [4.69, 9.17) is 11.5 Å². The van der Waals surface area contributed by atoms with E-state index in [1.807, 2.05) is 30.3 Å². The van der Waals surface area contributed by atoms with E-state index >= 15 is 0 Å². The highest BCUT2D eigenvalue weighted by Gasteiger charge is 2.14. The first-order valence-electron chi connectivity index (χ1n) is 7.47. The minimum atomic E-state index is 0.311. The van der Waals surface area contributed by atoms with Gasteiger partial charge in [-0.3, -0.25) is 0 Å². The van der Waals surface area contributed by atoms with Crippen LogP contribution in [0.25, 0.3) is 0 Å². The third-order valence-corrected chi connectivity index (χ3v) is 3.96. The van der Waals surface area contributed by atoms with Crippen LogP contribution in [0.4, 0.5) is 11.4 Å². The maximum absolute atomic E-state index is 5.82. The molecule has 22 heavy (non-hydrogen) atoms. The van der Waals surface area contributed by atoms with Gasteiger partial charge in [0.25, 0.3) is 0 Å². The van der Waals surface area contributed by atoms with Crippen LogP contribution in [0.15, 0.2) is 78.9 Å². The first-order chi connectivity index (χ1) is 10.7. The summed E-state index contributed by atoms with van der Waals surface area (Å²) in [6, 6.07) is 26.9. The van der Waals surface area contributed by atoms with Crippen molar-refractivity contribution in [3.8, 4) is 0 Å². The molecule has 110 valence electrons. The van der Waals surface area contributed by atoms with Crippen molar-refractivity contribution in [2.45, 2.75) is 12.3 Å². The maximum Gasteiger partial charge on any atom is 0.0314 e. The Labute approximate surface area is 131 Å². The van der Waals surface area contributed by atoms with Gasteiger partial charge in [0, 0.05) is 17.3 Å². The summed E-state index contributed by atoms with van der Waals surface area (Å²) < 4.78 is 0. The molecule has 3 rings (SSSR count). The standard InChI is InChI=1S/C20H20N2/c21-18-10-6-15(7-11-18)14-20(16-4-2-1-3-5-16)17-8-12-19(22)13-9-17/h1-13,20H,14,21-22H2. The lowest BCUT2D eigenvalue weighted by Crippen LogP contribution is -2.05. The maximum atomic E-state index is 5.82. The molecule has 4 N–H and O–H groups in total. The second-order valence-electron chi connectivity index (χ2n) is 5.58. The van der Waals surface area contributed by atoms with Crippen molar-refractivity contribution in [1.82, 2.24) is 0 Å². The number of rotatable bonds is 4. The van der Waals surface area contributed by atoms with Crippen LogP contribution in [0.5, 0.6) is 0 Å². The molecule has 0 aromatic heterocycles. The van der Waals surface area contributed by atoms with E-state index in [-0.39, 0.29) is 0 Å². The number of nitrogen functional groups attached to an aromatic ring is 2. The van der Waals surface area contributed by atoms with Crippen LogP contribution in [0.2, 0.25) is 0 Å². The average molecular weight is 288 g/mol. The van der Waals surface area contributed by atoms with Crippen LogP contribution in [-0.2, 0) is 6.42 Å². The van der Waals surface area contributed by atoms with E-state index in [9.17, 15) is 0 Å². The van der Waals surface area contributed by atoms with E-state index in [2.05, 4.69) is 48.5 Å². The molecular formula is C20H20N2. The molecule has 0 bridgehead atoms. The highest BCUT2D eigenvalue weighted by molar-refractivity contribution is 5.44. The van der Waals surface area contributed by atoms with Gasteiger partial charge in [0.1, 0.15) is 0 Å². The molecular weight excluding hydrogens is 268 g/mol. The number of nitrogens with two attached hydrogens (primary N) is 2. The number of anilines is 2. The summed E-state index contributed by atoms with van der Waals surface area (Å²) in [5.74, 6) is 0.311. The Morgan fingerprint density at radius 1 is 0.591 bits per heavy atom. The Balaban J connectivity index is 1.96. The summed E-state index contributed by atoms with van der Waals surface area (Å²) in [7, 11) is 0. The molecule has 3 aromatic carbocycles. The second-order valence-corrected chi connectivity index (χ2v) is 5.58. The molecule has 0 aliphatic heterocycles. The van der Waals surface area contributed by atoms with Gasteiger partial charge in [-0.2, -0.15) is 0 Å². The Hall–Kier alpha value is -2.74. The van der Waals surface area contributed by atoms with Crippen LogP contribution >= 0.6 is 0 Å².